The Kier molecular flexibility index (Phi) is 5.10. The molecule has 0 amide bonds. The zero-order valence-corrected chi connectivity index (χ0v) is 16.9. The van der Waals surface area contributed by atoms with Crippen LogP contribution >= 0.6 is 11.6 Å². The number of anilines is 3. The molecule has 0 unspecified atom stereocenters. The third kappa shape index (κ3) is 3.63. The van der Waals surface area contributed by atoms with Crippen LogP contribution in [0.4, 0.5) is 17.5 Å². The Labute approximate surface area is 169 Å². The van der Waals surface area contributed by atoms with Gasteiger partial charge in [-0.2, -0.15) is 15.3 Å². The van der Waals surface area contributed by atoms with E-state index in [9.17, 15) is 5.26 Å². The van der Waals surface area contributed by atoms with Gasteiger partial charge in [0.05, 0.1) is 36.1 Å². The SMILES string of the molecule is CN1CCN(C2(CC#N)CN(c3nc(Nc4cnn(C)c4)ncc3Cl)C2)CC1. The maximum absolute atomic E-state index is 9.40. The fourth-order valence-electron chi connectivity index (χ4n) is 3.92. The van der Waals surface area contributed by atoms with Crippen LogP contribution in [0.15, 0.2) is 18.6 Å². The first-order chi connectivity index (χ1) is 13.5. The van der Waals surface area contributed by atoms with E-state index in [-0.39, 0.29) is 5.54 Å². The second-order valence-electron chi connectivity index (χ2n) is 7.60. The molecule has 28 heavy (non-hydrogen) atoms. The molecule has 2 saturated heterocycles. The Bertz CT molecular complexity index is 875. The van der Waals surface area contributed by atoms with E-state index in [1.165, 1.54) is 0 Å². The Balaban J connectivity index is 1.49. The van der Waals surface area contributed by atoms with Crippen LogP contribution in [0, 0.1) is 11.3 Å². The highest BCUT2D eigenvalue weighted by Gasteiger charge is 2.49. The molecule has 9 nitrogen and oxygen atoms in total. The minimum atomic E-state index is -0.124. The lowest BCUT2D eigenvalue weighted by molar-refractivity contribution is 0.0219. The largest absolute Gasteiger partial charge is 0.351 e. The summed E-state index contributed by atoms with van der Waals surface area (Å²) in [5, 5.41) is 17.2. The number of aromatic nitrogens is 4. The van der Waals surface area contributed by atoms with Crippen molar-refractivity contribution in [1.29, 1.82) is 5.26 Å². The first-order valence-corrected chi connectivity index (χ1v) is 9.71. The van der Waals surface area contributed by atoms with Gasteiger partial charge in [0, 0.05) is 52.5 Å². The molecule has 2 aliphatic heterocycles. The molecule has 0 radical (unpaired) electrons. The predicted molar refractivity (Wildman–Crippen MR) is 108 cm³/mol. The standard InChI is InChI=1S/C18H24ClN9/c1-25-5-7-28(8-6-25)18(3-4-20)12-27(13-18)16-15(19)10-21-17(24-16)23-14-9-22-26(2)11-14/h9-11H,3,5-8,12-13H2,1-2H3,(H,21,23,24). The highest BCUT2D eigenvalue weighted by atomic mass is 35.5. The van der Waals surface area contributed by atoms with Crippen molar-refractivity contribution >= 4 is 29.1 Å². The minimum Gasteiger partial charge on any atom is -0.351 e. The van der Waals surface area contributed by atoms with Crippen LogP contribution in [0.25, 0.3) is 0 Å². The third-order valence-electron chi connectivity index (χ3n) is 5.54. The number of piperazine rings is 1. The minimum absolute atomic E-state index is 0.124. The van der Waals surface area contributed by atoms with Crippen molar-refractivity contribution < 1.29 is 0 Å². The summed E-state index contributed by atoms with van der Waals surface area (Å²) < 4.78 is 1.71. The second kappa shape index (κ2) is 7.54. The number of hydrogen-bond acceptors (Lipinski definition) is 8. The molecular weight excluding hydrogens is 378 g/mol. The summed E-state index contributed by atoms with van der Waals surface area (Å²) in [6.07, 6.45) is 5.69. The zero-order chi connectivity index (χ0) is 19.7. The second-order valence-corrected chi connectivity index (χ2v) is 8.01. The molecule has 4 rings (SSSR count). The number of rotatable bonds is 5. The van der Waals surface area contributed by atoms with Crippen molar-refractivity contribution in [3.63, 3.8) is 0 Å². The Hall–Kier alpha value is -2.41. The van der Waals surface area contributed by atoms with Crippen molar-refractivity contribution in [3.8, 4) is 6.07 Å². The summed E-state index contributed by atoms with van der Waals surface area (Å²) in [7, 11) is 3.99. The van der Waals surface area contributed by atoms with E-state index in [1.807, 2.05) is 13.2 Å². The molecule has 0 atom stereocenters. The quantitative estimate of drug-likeness (QED) is 0.802. The lowest BCUT2D eigenvalue weighted by atomic mass is 9.84. The Morgan fingerprint density at radius 3 is 2.61 bits per heavy atom. The molecule has 0 saturated carbocycles. The Morgan fingerprint density at radius 1 is 1.21 bits per heavy atom. The average Bonchev–Trinajstić information content (AvgIpc) is 3.05. The van der Waals surface area contributed by atoms with Gasteiger partial charge in [-0.25, -0.2) is 4.98 Å². The van der Waals surface area contributed by atoms with E-state index >= 15 is 0 Å². The van der Waals surface area contributed by atoms with Gasteiger partial charge < -0.3 is 15.1 Å². The highest BCUT2D eigenvalue weighted by Crippen LogP contribution is 2.37. The summed E-state index contributed by atoms with van der Waals surface area (Å²) in [5.41, 5.74) is 0.692. The molecule has 148 valence electrons. The van der Waals surface area contributed by atoms with E-state index in [1.54, 1.807) is 17.1 Å². The molecule has 0 bridgehead atoms. The average molecular weight is 402 g/mol. The molecule has 2 aliphatic rings. The van der Waals surface area contributed by atoms with Crippen LogP contribution in [0.5, 0.6) is 0 Å². The molecule has 2 aromatic heterocycles. The van der Waals surface area contributed by atoms with Crippen LogP contribution in [0.1, 0.15) is 6.42 Å². The lowest BCUT2D eigenvalue weighted by Gasteiger charge is -2.57. The first kappa shape index (κ1) is 18.9. The lowest BCUT2D eigenvalue weighted by Crippen LogP contribution is -2.72. The number of hydrogen-bond donors (Lipinski definition) is 1. The Morgan fingerprint density at radius 2 is 1.96 bits per heavy atom. The van der Waals surface area contributed by atoms with E-state index in [0.29, 0.717) is 23.2 Å². The van der Waals surface area contributed by atoms with Crippen LogP contribution in [0.3, 0.4) is 0 Å². The number of halogens is 1. The van der Waals surface area contributed by atoms with Crippen LogP contribution in [-0.4, -0.2) is 81.4 Å². The van der Waals surface area contributed by atoms with E-state index < -0.39 is 0 Å². The van der Waals surface area contributed by atoms with E-state index in [0.717, 1.165) is 45.0 Å². The molecule has 0 spiro atoms. The highest BCUT2D eigenvalue weighted by molar-refractivity contribution is 6.32. The van der Waals surface area contributed by atoms with Crippen LogP contribution in [-0.2, 0) is 7.05 Å². The summed E-state index contributed by atoms with van der Waals surface area (Å²) in [6, 6.07) is 2.38. The molecule has 2 aromatic rings. The van der Waals surface area contributed by atoms with Gasteiger partial charge >= 0.3 is 0 Å². The van der Waals surface area contributed by atoms with Crippen LogP contribution < -0.4 is 10.2 Å². The molecular formula is C18H24ClN9. The fourth-order valence-corrected chi connectivity index (χ4v) is 4.13. The fraction of sp³-hybridized carbons (Fsp3) is 0.556. The molecule has 2 fully saturated rings. The first-order valence-electron chi connectivity index (χ1n) is 9.33. The van der Waals surface area contributed by atoms with Crippen molar-refractivity contribution in [2.45, 2.75) is 12.0 Å². The zero-order valence-electron chi connectivity index (χ0n) is 16.1. The molecule has 0 aromatic carbocycles. The summed E-state index contributed by atoms with van der Waals surface area (Å²) in [6.45, 7) is 5.51. The molecule has 10 heteroatoms. The molecule has 1 N–H and O–H groups in total. The number of nitrogens with zero attached hydrogens (tertiary/aromatic N) is 8. The monoisotopic (exact) mass is 401 g/mol. The van der Waals surface area contributed by atoms with Crippen LogP contribution in [0.2, 0.25) is 5.02 Å². The third-order valence-corrected chi connectivity index (χ3v) is 5.81. The van der Waals surface area contributed by atoms with Crippen molar-refractivity contribution in [2.75, 3.05) is 56.5 Å². The number of nitriles is 1. The maximum atomic E-state index is 9.40. The van der Waals surface area contributed by atoms with E-state index in [2.05, 4.69) is 48.2 Å². The molecule has 4 heterocycles. The van der Waals surface area contributed by atoms with Gasteiger partial charge in [0.25, 0.3) is 0 Å². The van der Waals surface area contributed by atoms with Gasteiger partial charge in [-0.05, 0) is 7.05 Å². The maximum Gasteiger partial charge on any atom is 0.229 e. The van der Waals surface area contributed by atoms with Gasteiger partial charge in [0.2, 0.25) is 5.95 Å². The van der Waals surface area contributed by atoms with E-state index in [4.69, 9.17) is 11.6 Å². The number of aryl methyl sites for hydroxylation is 1. The molecule has 0 aliphatic carbocycles. The van der Waals surface area contributed by atoms with Gasteiger partial charge in [0.1, 0.15) is 5.02 Å². The van der Waals surface area contributed by atoms with Gasteiger partial charge in [-0.1, -0.05) is 11.6 Å². The summed E-state index contributed by atoms with van der Waals surface area (Å²) in [5.74, 6) is 1.18. The summed E-state index contributed by atoms with van der Waals surface area (Å²) >= 11 is 6.39. The number of nitrogens with one attached hydrogen (secondary N) is 1. The van der Waals surface area contributed by atoms with Gasteiger partial charge in [0.15, 0.2) is 5.82 Å². The van der Waals surface area contributed by atoms with Crippen molar-refractivity contribution in [1.82, 2.24) is 29.5 Å². The van der Waals surface area contributed by atoms with Crippen molar-refractivity contribution in [2.24, 2.45) is 7.05 Å². The van der Waals surface area contributed by atoms with Gasteiger partial charge in [-0.3, -0.25) is 9.58 Å². The normalized spacial score (nSPS) is 19.9. The van der Waals surface area contributed by atoms with Crippen molar-refractivity contribution in [3.05, 3.63) is 23.6 Å². The topological polar surface area (TPSA) is 89.1 Å². The smallest absolute Gasteiger partial charge is 0.229 e. The predicted octanol–water partition coefficient (Wildman–Crippen LogP) is 1.33. The number of likely N-dealkylation sites (N-methyl/N-ethyl adjacent to an activating group) is 1. The van der Waals surface area contributed by atoms with Gasteiger partial charge in [-0.15, -0.1) is 0 Å². The summed E-state index contributed by atoms with van der Waals surface area (Å²) in [4.78, 5) is 15.8.